The second kappa shape index (κ2) is 6.42. The average molecular weight is 318 g/mol. The molecular weight excluding hydrogens is 304 g/mol. The number of hydrogen-bond acceptors (Lipinski definition) is 7. The van der Waals surface area contributed by atoms with Crippen molar-refractivity contribution in [1.29, 1.82) is 0 Å². The van der Waals surface area contributed by atoms with E-state index in [-0.39, 0.29) is 5.13 Å². The van der Waals surface area contributed by atoms with Crippen LogP contribution in [0.3, 0.4) is 0 Å². The third-order valence-electron chi connectivity index (χ3n) is 2.28. The summed E-state index contributed by atoms with van der Waals surface area (Å²) in [6.07, 6.45) is 0.826. The van der Waals surface area contributed by atoms with Crippen LogP contribution in [0.4, 0.5) is 5.13 Å². The topological polar surface area (TPSA) is 84.0 Å². The standard InChI is InChI=1S/C10H14N4O2S3/c1-2-11-6-5-8-3-4-9(18-8)19(15,16)14-10-13-12-7-17-10/h3-4,7,11H,2,5-6H2,1H3,(H,13,14). The third-order valence-corrected chi connectivity index (χ3v) is 5.99. The Kier molecular flexibility index (Phi) is 4.86. The molecule has 19 heavy (non-hydrogen) atoms. The van der Waals surface area contributed by atoms with E-state index in [1.165, 1.54) is 16.8 Å². The van der Waals surface area contributed by atoms with E-state index in [1.54, 1.807) is 6.07 Å². The first-order chi connectivity index (χ1) is 9.12. The van der Waals surface area contributed by atoms with Gasteiger partial charge in [-0.25, -0.2) is 8.42 Å². The summed E-state index contributed by atoms with van der Waals surface area (Å²) >= 11 is 2.43. The van der Waals surface area contributed by atoms with Crippen LogP contribution in [0.1, 0.15) is 11.8 Å². The Bertz CT molecular complexity index is 607. The van der Waals surface area contributed by atoms with Crippen LogP contribution in [0.25, 0.3) is 0 Å². The minimum atomic E-state index is -3.54. The van der Waals surface area contributed by atoms with Crippen LogP contribution in [0.5, 0.6) is 0 Å². The molecule has 0 saturated heterocycles. The summed E-state index contributed by atoms with van der Waals surface area (Å²) in [7, 11) is -3.54. The number of hydrogen-bond donors (Lipinski definition) is 2. The molecule has 0 bridgehead atoms. The summed E-state index contributed by atoms with van der Waals surface area (Å²) in [6.45, 7) is 3.80. The van der Waals surface area contributed by atoms with Crippen molar-refractivity contribution in [3.05, 3.63) is 22.5 Å². The zero-order chi connectivity index (χ0) is 13.7. The molecule has 0 atom stereocenters. The maximum Gasteiger partial charge on any atom is 0.273 e. The lowest BCUT2D eigenvalue weighted by Crippen LogP contribution is -2.15. The second-order valence-corrected chi connectivity index (χ2v) is 7.58. The Morgan fingerprint density at radius 3 is 2.89 bits per heavy atom. The van der Waals surface area contributed by atoms with Gasteiger partial charge in [0.2, 0.25) is 5.13 Å². The number of nitrogens with zero attached hydrogens (tertiary/aromatic N) is 2. The Balaban J connectivity index is 2.04. The SMILES string of the molecule is CCNCCc1ccc(S(=O)(=O)Nc2nncs2)s1. The van der Waals surface area contributed by atoms with Gasteiger partial charge in [0.15, 0.2) is 0 Å². The fraction of sp³-hybridized carbons (Fsp3) is 0.400. The van der Waals surface area contributed by atoms with Gasteiger partial charge >= 0.3 is 0 Å². The van der Waals surface area contributed by atoms with Crippen molar-refractivity contribution >= 4 is 37.8 Å². The van der Waals surface area contributed by atoms with Crippen molar-refractivity contribution in [2.75, 3.05) is 17.8 Å². The van der Waals surface area contributed by atoms with Crippen molar-refractivity contribution in [3.63, 3.8) is 0 Å². The van der Waals surface area contributed by atoms with Gasteiger partial charge in [-0.2, -0.15) is 0 Å². The largest absolute Gasteiger partial charge is 0.317 e. The molecule has 0 unspecified atom stereocenters. The van der Waals surface area contributed by atoms with E-state index in [0.29, 0.717) is 4.21 Å². The predicted molar refractivity (Wildman–Crippen MR) is 77.3 cm³/mol. The number of rotatable bonds is 7. The molecule has 2 N–H and O–H groups in total. The zero-order valence-corrected chi connectivity index (χ0v) is 12.7. The van der Waals surface area contributed by atoms with Crippen LogP contribution in [-0.4, -0.2) is 31.7 Å². The van der Waals surface area contributed by atoms with E-state index >= 15 is 0 Å². The predicted octanol–water partition coefficient (Wildman–Crippen LogP) is 1.55. The first-order valence-electron chi connectivity index (χ1n) is 5.70. The lowest BCUT2D eigenvalue weighted by molar-refractivity contribution is 0.603. The molecule has 0 saturated carbocycles. The number of thiophene rings is 1. The highest BCUT2D eigenvalue weighted by Gasteiger charge is 2.18. The highest BCUT2D eigenvalue weighted by molar-refractivity contribution is 7.94. The molecule has 2 heterocycles. The smallest absolute Gasteiger partial charge is 0.273 e. The van der Waals surface area contributed by atoms with Gasteiger partial charge < -0.3 is 5.32 Å². The molecule has 0 fully saturated rings. The monoisotopic (exact) mass is 318 g/mol. The van der Waals surface area contributed by atoms with Crippen LogP contribution in [-0.2, 0) is 16.4 Å². The van der Waals surface area contributed by atoms with Gasteiger partial charge in [-0.3, -0.25) is 4.72 Å². The van der Waals surface area contributed by atoms with Crippen molar-refractivity contribution < 1.29 is 8.42 Å². The number of aromatic nitrogens is 2. The van der Waals surface area contributed by atoms with Gasteiger partial charge in [0.25, 0.3) is 10.0 Å². The fourth-order valence-corrected chi connectivity index (χ4v) is 4.46. The van der Waals surface area contributed by atoms with E-state index in [4.69, 9.17) is 0 Å². The van der Waals surface area contributed by atoms with Crippen molar-refractivity contribution in [2.45, 2.75) is 17.6 Å². The van der Waals surface area contributed by atoms with Gasteiger partial charge in [-0.05, 0) is 31.6 Å². The molecule has 0 spiro atoms. The molecule has 2 aromatic heterocycles. The molecule has 0 aliphatic rings. The third kappa shape index (κ3) is 3.96. The molecular formula is C10H14N4O2S3. The quantitative estimate of drug-likeness (QED) is 0.757. The van der Waals surface area contributed by atoms with Crippen LogP contribution in [0.2, 0.25) is 0 Å². The molecule has 9 heteroatoms. The Morgan fingerprint density at radius 1 is 1.37 bits per heavy atom. The minimum absolute atomic E-state index is 0.280. The maximum atomic E-state index is 12.1. The number of nitrogens with one attached hydrogen (secondary N) is 2. The summed E-state index contributed by atoms with van der Waals surface area (Å²) in [4.78, 5) is 1.04. The fourth-order valence-electron chi connectivity index (χ4n) is 1.41. The van der Waals surface area contributed by atoms with Crippen molar-refractivity contribution in [1.82, 2.24) is 15.5 Å². The molecule has 0 aliphatic carbocycles. The minimum Gasteiger partial charge on any atom is -0.317 e. The second-order valence-electron chi connectivity index (χ2n) is 3.67. The molecule has 0 aromatic carbocycles. The molecule has 0 radical (unpaired) electrons. The van der Waals surface area contributed by atoms with E-state index in [1.807, 2.05) is 13.0 Å². The lowest BCUT2D eigenvalue weighted by atomic mass is 10.3. The molecule has 2 rings (SSSR count). The van der Waals surface area contributed by atoms with Crippen LogP contribution in [0, 0.1) is 0 Å². The van der Waals surface area contributed by atoms with E-state index in [0.717, 1.165) is 35.7 Å². The summed E-state index contributed by atoms with van der Waals surface area (Å²) in [5, 5.41) is 10.7. The molecule has 2 aromatic rings. The summed E-state index contributed by atoms with van der Waals surface area (Å²) < 4.78 is 26.8. The zero-order valence-electron chi connectivity index (χ0n) is 10.3. The van der Waals surface area contributed by atoms with E-state index in [2.05, 4.69) is 20.2 Å². The Labute approximate surface area is 119 Å². The normalized spacial score (nSPS) is 11.6. The van der Waals surface area contributed by atoms with Crippen molar-refractivity contribution in [3.8, 4) is 0 Å². The lowest BCUT2D eigenvalue weighted by Gasteiger charge is -2.01. The van der Waals surface area contributed by atoms with Gasteiger partial charge in [0, 0.05) is 4.88 Å². The summed E-state index contributed by atoms with van der Waals surface area (Å²) in [6, 6.07) is 3.46. The number of anilines is 1. The van der Waals surface area contributed by atoms with Crippen LogP contribution in [0.15, 0.2) is 21.9 Å². The summed E-state index contributed by atoms with van der Waals surface area (Å²) in [5.41, 5.74) is 1.48. The van der Waals surface area contributed by atoms with Crippen LogP contribution < -0.4 is 10.0 Å². The Hall–Kier alpha value is -1.03. The molecule has 104 valence electrons. The van der Waals surface area contributed by atoms with Gasteiger partial charge in [-0.15, -0.1) is 21.5 Å². The van der Waals surface area contributed by atoms with E-state index < -0.39 is 10.0 Å². The van der Waals surface area contributed by atoms with Gasteiger partial charge in [0.05, 0.1) is 0 Å². The highest BCUT2D eigenvalue weighted by atomic mass is 32.2. The van der Waals surface area contributed by atoms with Crippen molar-refractivity contribution in [2.24, 2.45) is 0 Å². The number of likely N-dealkylation sites (N-methyl/N-ethyl adjacent to an activating group) is 1. The summed E-state index contributed by atoms with van der Waals surface area (Å²) in [5.74, 6) is 0. The first-order valence-corrected chi connectivity index (χ1v) is 8.88. The molecule has 6 nitrogen and oxygen atoms in total. The maximum absolute atomic E-state index is 12.1. The van der Waals surface area contributed by atoms with E-state index in [9.17, 15) is 8.42 Å². The average Bonchev–Trinajstić information content (AvgIpc) is 3.00. The first kappa shape index (κ1) is 14.4. The van der Waals surface area contributed by atoms with Gasteiger partial charge in [-0.1, -0.05) is 18.3 Å². The number of sulfonamides is 1. The Morgan fingerprint density at radius 2 is 2.21 bits per heavy atom. The highest BCUT2D eigenvalue weighted by Crippen LogP contribution is 2.24. The molecule has 0 amide bonds. The van der Waals surface area contributed by atoms with Gasteiger partial charge in [0.1, 0.15) is 9.72 Å². The molecule has 0 aliphatic heterocycles. The van der Waals surface area contributed by atoms with Crippen LogP contribution >= 0.6 is 22.7 Å².